The number of unbranched alkanes of at least 4 members (excludes halogenated alkanes) is 3. The third-order valence-electron chi connectivity index (χ3n) is 3.55. The van der Waals surface area contributed by atoms with Gasteiger partial charge in [0.15, 0.2) is 6.29 Å². The van der Waals surface area contributed by atoms with Gasteiger partial charge < -0.3 is 0 Å². The van der Waals surface area contributed by atoms with Crippen molar-refractivity contribution < 1.29 is 57.5 Å². The second-order valence-electron chi connectivity index (χ2n) is 5.55. The molecule has 0 atom stereocenters. The van der Waals surface area contributed by atoms with Gasteiger partial charge in [-0.25, -0.2) is 0 Å². The predicted molar refractivity (Wildman–Crippen MR) is 64.5 cm³/mol. The average Bonchev–Trinajstić information content (AvgIpc) is 2.50. The second-order valence-corrected chi connectivity index (χ2v) is 5.55. The van der Waals surface area contributed by atoms with Gasteiger partial charge in [-0.15, -0.1) is 0 Å². The highest BCUT2D eigenvalue weighted by molar-refractivity contribution is 5.62. The molecule has 0 aromatic heterocycles. The van der Waals surface area contributed by atoms with Crippen LogP contribution in [0.1, 0.15) is 39.0 Å². The Morgan fingerprint density at radius 2 is 1.04 bits per heavy atom. The molecule has 0 aliphatic rings. The molecule has 0 spiro atoms. The van der Waals surface area contributed by atoms with Crippen molar-refractivity contribution in [3.05, 3.63) is 0 Å². The topological polar surface area (TPSA) is 17.1 Å². The Morgan fingerprint density at radius 1 is 0.615 bits per heavy atom. The number of carbonyl (C=O) groups excluding carboxylic acids is 1. The van der Waals surface area contributed by atoms with E-state index in [4.69, 9.17) is 0 Å². The standard InChI is InChI=1S/C13H14F12O/c1-2-3-4-5-6-8(14,15)10(18,19)12(22,23)13(24,25)11(20,21)9(16,17)7-26/h7H,2-6H2,1H3. The Labute approximate surface area is 139 Å². The lowest BCUT2D eigenvalue weighted by molar-refractivity contribution is -0.419. The van der Waals surface area contributed by atoms with Crippen LogP contribution >= 0.6 is 0 Å². The average molecular weight is 414 g/mol. The summed E-state index contributed by atoms with van der Waals surface area (Å²) in [4.78, 5) is 9.75. The van der Waals surface area contributed by atoms with Crippen LogP contribution in [0.15, 0.2) is 0 Å². The Morgan fingerprint density at radius 3 is 1.42 bits per heavy atom. The van der Waals surface area contributed by atoms with Gasteiger partial charge in [0.2, 0.25) is 0 Å². The normalized spacial score (nSPS) is 15.3. The van der Waals surface area contributed by atoms with Crippen LogP contribution in [0, 0.1) is 0 Å². The van der Waals surface area contributed by atoms with Crippen LogP contribution in [0.3, 0.4) is 0 Å². The first-order valence-electron chi connectivity index (χ1n) is 7.10. The summed E-state index contributed by atoms with van der Waals surface area (Å²) >= 11 is 0. The Bertz CT molecular complexity index is 486. The Balaban J connectivity index is 5.91. The maximum atomic E-state index is 13.4. The van der Waals surface area contributed by atoms with E-state index in [1.54, 1.807) is 6.92 Å². The zero-order valence-electron chi connectivity index (χ0n) is 13.1. The van der Waals surface area contributed by atoms with E-state index in [1.807, 2.05) is 0 Å². The summed E-state index contributed by atoms with van der Waals surface area (Å²) in [6.45, 7) is 1.57. The van der Waals surface area contributed by atoms with Crippen LogP contribution < -0.4 is 0 Å². The number of carbonyl (C=O) groups is 1. The molecule has 0 fully saturated rings. The van der Waals surface area contributed by atoms with Crippen molar-refractivity contribution >= 4 is 6.29 Å². The SMILES string of the molecule is CCCCCCC(F)(F)C(F)(F)C(F)(F)C(F)(F)C(F)(F)C(F)(F)C=O. The monoisotopic (exact) mass is 414 g/mol. The minimum absolute atomic E-state index is 0.177. The van der Waals surface area contributed by atoms with Crippen LogP contribution in [-0.4, -0.2) is 41.8 Å². The summed E-state index contributed by atoms with van der Waals surface area (Å²) in [6.07, 6.45) is -4.64. The Kier molecular flexibility index (Phi) is 7.12. The molecular weight excluding hydrogens is 400 g/mol. The van der Waals surface area contributed by atoms with Crippen molar-refractivity contribution in [2.75, 3.05) is 0 Å². The first-order chi connectivity index (χ1) is 11.4. The van der Waals surface area contributed by atoms with Crippen LogP contribution in [0.4, 0.5) is 52.7 Å². The van der Waals surface area contributed by atoms with Crippen molar-refractivity contribution in [3.8, 4) is 0 Å². The van der Waals surface area contributed by atoms with Crippen LogP contribution in [-0.2, 0) is 4.79 Å². The lowest BCUT2D eigenvalue weighted by Gasteiger charge is -2.40. The molecule has 0 amide bonds. The van der Waals surface area contributed by atoms with Gasteiger partial charge in [-0.2, -0.15) is 52.7 Å². The Hall–Kier alpha value is -1.17. The number of halogens is 12. The van der Waals surface area contributed by atoms with E-state index in [0.29, 0.717) is 6.42 Å². The van der Waals surface area contributed by atoms with E-state index in [1.165, 1.54) is 0 Å². The van der Waals surface area contributed by atoms with Crippen molar-refractivity contribution in [2.45, 2.75) is 74.6 Å². The molecule has 0 unspecified atom stereocenters. The molecular formula is C13H14F12O. The first-order valence-corrected chi connectivity index (χ1v) is 7.10. The molecule has 0 bridgehead atoms. The quantitative estimate of drug-likeness (QED) is 0.231. The van der Waals surface area contributed by atoms with Crippen LogP contribution in [0.5, 0.6) is 0 Å². The van der Waals surface area contributed by atoms with Crippen molar-refractivity contribution in [2.24, 2.45) is 0 Å². The van der Waals surface area contributed by atoms with Gasteiger partial charge in [0.1, 0.15) is 0 Å². The molecule has 0 heterocycles. The van der Waals surface area contributed by atoms with Crippen molar-refractivity contribution in [1.82, 2.24) is 0 Å². The van der Waals surface area contributed by atoms with E-state index >= 15 is 0 Å². The highest BCUT2D eigenvalue weighted by Crippen LogP contribution is 2.60. The molecule has 13 heteroatoms. The molecule has 0 saturated carbocycles. The van der Waals surface area contributed by atoms with Crippen LogP contribution in [0.2, 0.25) is 0 Å². The fourth-order valence-electron chi connectivity index (χ4n) is 1.84. The van der Waals surface area contributed by atoms with Crippen LogP contribution in [0.25, 0.3) is 0 Å². The van der Waals surface area contributed by atoms with Gasteiger partial charge in [-0.1, -0.05) is 26.2 Å². The van der Waals surface area contributed by atoms with E-state index in [0.717, 1.165) is 0 Å². The minimum atomic E-state index is -7.67. The number of hydrogen-bond donors (Lipinski definition) is 0. The number of rotatable bonds is 11. The third kappa shape index (κ3) is 3.75. The number of hydrogen-bond acceptors (Lipinski definition) is 1. The van der Waals surface area contributed by atoms with Gasteiger partial charge in [-0.05, 0) is 6.42 Å². The number of alkyl halides is 12. The van der Waals surface area contributed by atoms with Crippen molar-refractivity contribution in [3.63, 3.8) is 0 Å². The molecule has 0 aliphatic heterocycles. The summed E-state index contributed by atoms with van der Waals surface area (Å²) in [7, 11) is 0. The van der Waals surface area contributed by atoms with Gasteiger partial charge in [0.05, 0.1) is 0 Å². The summed E-state index contributed by atoms with van der Waals surface area (Å²) in [5, 5.41) is 0. The smallest absolute Gasteiger partial charge is 0.296 e. The molecule has 0 saturated heterocycles. The molecule has 0 aliphatic carbocycles. The van der Waals surface area contributed by atoms with Gasteiger partial charge in [0.25, 0.3) is 0 Å². The predicted octanol–water partition coefficient (Wildman–Crippen LogP) is 5.97. The molecule has 0 rings (SSSR count). The van der Waals surface area contributed by atoms with E-state index in [9.17, 15) is 57.5 Å². The molecule has 0 N–H and O–H groups in total. The largest absolute Gasteiger partial charge is 0.385 e. The molecule has 1 nitrogen and oxygen atoms in total. The summed E-state index contributed by atoms with van der Waals surface area (Å²) in [5.41, 5.74) is 0. The summed E-state index contributed by atoms with van der Waals surface area (Å²) in [5.74, 6) is -42.1. The minimum Gasteiger partial charge on any atom is -0.296 e. The highest BCUT2D eigenvalue weighted by Gasteiger charge is 2.89. The molecule has 26 heavy (non-hydrogen) atoms. The van der Waals surface area contributed by atoms with Crippen molar-refractivity contribution in [1.29, 1.82) is 0 Å². The van der Waals surface area contributed by atoms with Gasteiger partial charge in [-0.3, -0.25) is 4.79 Å². The zero-order chi connectivity index (χ0) is 21.2. The van der Waals surface area contributed by atoms with E-state index in [-0.39, 0.29) is 12.8 Å². The van der Waals surface area contributed by atoms with Gasteiger partial charge in [0, 0.05) is 6.42 Å². The summed E-state index contributed by atoms with van der Waals surface area (Å²) in [6, 6.07) is 0. The lowest BCUT2D eigenvalue weighted by atomic mass is 9.90. The number of aldehydes is 1. The fourth-order valence-corrected chi connectivity index (χ4v) is 1.84. The molecule has 0 radical (unpaired) electrons. The lowest BCUT2D eigenvalue weighted by Crippen LogP contribution is -2.70. The highest BCUT2D eigenvalue weighted by atomic mass is 19.4. The zero-order valence-corrected chi connectivity index (χ0v) is 13.1. The second kappa shape index (κ2) is 7.45. The molecule has 156 valence electrons. The van der Waals surface area contributed by atoms with E-state index in [2.05, 4.69) is 0 Å². The third-order valence-corrected chi connectivity index (χ3v) is 3.55. The maximum Gasteiger partial charge on any atom is 0.385 e. The summed E-state index contributed by atoms with van der Waals surface area (Å²) < 4.78 is 157. The molecule has 0 aromatic carbocycles. The fraction of sp³-hybridized carbons (Fsp3) is 0.923. The van der Waals surface area contributed by atoms with Gasteiger partial charge >= 0.3 is 35.5 Å². The maximum absolute atomic E-state index is 13.4. The molecule has 0 aromatic rings. The first kappa shape index (κ1) is 24.8. The van der Waals surface area contributed by atoms with E-state index < -0.39 is 54.7 Å².